The summed E-state index contributed by atoms with van der Waals surface area (Å²) < 4.78 is 15.7. The normalized spacial score (nSPS) is 9.82. The molecule has 2 rings (SSSR count). The third-order valence-electron chi connectivity index (χ3n) is 2.83. The molecular formula is C14H16B2LiO5. The van der Waals surface area contributed by atoms with E-state index in [-0.39, 0.29) is 58.9 Å². The number of para-hydroxylation sites is 2. The molecule has 0 bridgehead atoms. The van der Waals surface area contributed by atoms with Crippen LogP contribution in [0.5, 0.6) is 11.5 Å². The van der Waals surface area contributed by atoms with E-state index >= 15 is 0 Å². The van der Waals surface area contributed by atoms with Gasteiger partial charge in [0.05, 0.1) is 13.2 Å². The van der Waals surface area contributed by atoms with Gasteiger partial charge in [-0.3, -0.25) is 0 Å². The van der Waals surface area contributed by atoms with Gasteiger partial charge in [-0.25, -0.2) is 0 Å². The molecule has 0 heterocycles. The third kappa shape index (κ3) is 6.18. The van der Waals surface area contributed by atoms with Crippen molar-refractivity contribution in [1.82, 2.24) is 0 Å². The van der Waals surface area contributed by atoms with Crippen LogP contribution in [0.3, 0.4) is 0 Å². The number of benzene rings is 2. The molecule has 1 radical (unpaired) electrons. The van der Waals surface area contributed by atoms with Crippen LogP contribution in [0.25, 0.3) is 0 Å². The summed E-state index contributed by atoms with van der Waals surface area (Å²) in [5, 5.41) is 19.1. The Balaban J connectivity index is 0.00000242. The zero-order valence-corrected chi connectivity index (χ0v) is 12.6. The van der Waals surface area contributed by atoms with Crippen molar-refractivity contribution in [3.63, 3.8) is 0 Å². The van der Waals surface area contributed by atoms with Crippen LogP contribution in [0.4, 0.5) is 0 Å². The standard InChI is InChI=1S/C14H16B2O5.Li/c17-13-7-3-1-5-11(13)9-19-15-21-16-20-10-12-6-2-4-8-14(12)18;/h1-8,15-18H,9-10H2;. The van der Waals surface area contributed by atoms with Crippen molar-refractivity contribution in [3.05, 3.63) is 59.7 Å². The van der Waals surface area contributed by atoms with E-state index in [1.165, 1.54) is 0 Å². The van der Waals surface area contributed by atoms with E-state index in [1.807, 2.05) is 12.1 Å². The van der Waals surface area contributed by atoms with Crippen molar-refractivity contribution >= 4 is 34.2 Å². The maximum absolute atomic E-state index is 9.53. The van der Waals surface area contributed by atoms with Gasteiger partial charge in [-0.05, 0) is 12.1 Å². The second-order valence-electron chi connectivity index (χ2n) is 4.39. The summed E-state index contributed by atoms with van der Waals surface area (Å²) in [6.45, 7) is 0.540. The summed E-state index contributed by atoms with van der Waals surface area (Å²) in [7, 11) is 0.129. The van der Waals surface area contributed by atoms with Crippen LogP contribution in [0.15, 0.2) is 48.5 Å². The molecule has 2 N–H and O–H groups in total. The summed E-state index contributed by atoms with van der Waals surface area (Å²) in [5.74, 6) is 0.404. The molecule has 0 spiro atoms. The van der Waals surface area contributed by atoms with Gasteiger partial charge in [0.1, 0.15) is 11.5 Å². The van der Waals surface area contributed by atoms with E-state index in [1.54, 1.807) is 36.4 Å². The van der Waals surface area contributed by atoms with Crippen LogP contribution in [0, 0.1) is 0 Å². The molecule has 0 saturated carbocycles. The fraction of sp³-hybridized carbons (Fsp3) is 0.143. The second kappa shape index (κ2) is 10.4. The van der Waals surface area contributed by atoms with Crippen LogP contribution in [-0.2, 0) is 27.1 Å². The van der Waals surface area contributed by atoms with E-state index < -0.39 is 0 Å². The molecule has 5 nitrogen and oxygen atoms in total. The molecular weight excluding hydrogens is 277 g/mol. The zero-order chi connectivity index (χ0) is 14.9. The average Bonchev–Trinajstić information content (AvgIpc) is 2.50. The SMILES string of the molecule is Oc1ccccc1COBOBOCc1ccccc1O.[Li]. The molecule has 0 saturated heterocycles. The first kappa shape index (κ1) is 18.7. The van der Waals surface area contributed by atoms with Gasteiger partial charge in [0.15, 0.2) is 0 Å². The molecule has 8 heteroatoms. The van der Waals surface area contributed by atoms with Crippen molar-refractivity contribution in [2.24, 2.45) is 0 Å². The van der Waals surface area contributed by atoms with E-state index in [4.69, 9.17) is 13.9 Å². The topological polar surface area (TPSA) is 68.2 Å². The number of aromatic hydroxyl groups is 2. The summed E-state index contributed by atoms with van der Waals surface area (Å²) in [4.78, 5) is 0. The van der Waals surface area contributed by atoms with Crippen molar-refractivity contribution in [2.45, 2.75) is 13.2 Å². The monoisotopic (exact) mass is 293 g/mol. The van der Waals surface area contributed by atoms with E-state index in [0.29, 0.717) is 11.1 Å². The maximum Gasteiger partial charge on any atom is 0.424 e. The van der Waals surface area contributed by atoms with Crippen molar-refractivity contribution in [1.29, 1.82) is 0 Å². The Bertz CT molecular complexity index is 521. The Labute approximate surface area is 143 Å². The largest absolute Gasteiger partial charge is 0.508 e. The fourth-order valence-corrected chi connectivity index (χ4v) is 1.72. The summed E-state index contributed by atoms with van der Waals surface area (Å²) in [5.41, 5.74) is 1.41. The van der Waals surface area contributed by atoms with Crippen molar-refractivity contribution in [3.8, 4) is 11.5 Å². The van der Waals surface area contributed by atoms with Gasteiger partial charge in [-0.2, -0.15) is 0 Å². The summed E-state index contributed by atoms with van der Waals surface area (Å²) >= 11 is 0. The number of hydrogen-bond acceptors (Lipinski definition) is 5. The molecule has 2 aromatic carbocycles. The maximum atomic E-state index is 9.53. The van der Waals surface area contributed by atoms with Crippen LogP contribution in [-0.4, -0.2) is 44.4 Å². The molecule has 0 amide bonds. The summed E-state index contributed by atoms with van der Waals surface area (Å²) in [6, 6.07) is 13.9. The molecule has 0 atom stereocenters. The van der Waals surface area contributed by atoms with E-state index in [2.05, 4.69) is 0 Å². The first-order valence-electron chi connectivity index (χ1n) is 6.54. The van der Waals surface area contributed by atoms with Gasteiger partial charge >= 0.3 is 15.4 Å². The van der Waals surface area contributed by atoms with Crippen LogP contribution in [0.2, 0.25) is 0 Å². The zero-order valence-electron chi connectivity index (χ0n) is 12.6. The van der Waals surface area contributed by atoms with E-state index in [9.17, 15) is 10.2 Å². The van der Waals surface area contributed by atoms with Gasteiger partial charge in [-0.15, -0.1) is 0 Å². The Kier molecular flexibility index (Phi) is 8.83. The second-order valence-corrected chi connectivity index (χ2v) is 4.39. The Morgan fingerprint density at radius 3 is 1.55 bits per heavy atom. The first-order chi connectivity index (χ1) is 10.3. The van der Waals surface area contributed by atoms with Crippen LogP contribution < -0.4 is 0 Å². The van der Waals surface area contributed by atoms with Crippen molar-refractivity contribution in [2.75, 3.05) is 0 Å². The molecule has 0 aromatic heterocycles. The molecule has 0 unspecified atom stereocenters. The van der Waals surface area contributed by atoms with E-state index in [0.717, 1.165) is 0 Å². The number of rotatable bonds is 8. The molecule has 0 aliphatic heterocycles. The fourth-order valence-electron chi connectivity index (χ4n) is 1.72. The first-order valence-corrected chi connectivity index (χ1v) is 6.54. The molecule has 0 aliphatic carbocycles. The Morgan fingerprint density at radius 2 is 1.14 bits per heavy atom. The minimum Gasteiger partial charge on any atom is -0.508 e. The minimum absolute atomic E-state index is 0. The van der Waals surface area contributed by atoms with Gasteiger partial charge in [-0.1, -0.05) is 36.4 Å². The van der Waals surface area contributed by atoms with Gasteiger partial charge in [0.25, 0.3) is 0 Å². The van der Waals surface area contributed by atoms with Gasteiger partial charge < -0.3 is 24.1 Å². The average molecular weight is 293 g/mol. The van der Waals surface area contributed by atoms with Gasteiger partial charge in [0, 0.05) is 30.0 Å². The Morgan fingerprint density at radius 1 is 0.727 bits per heavy atom. The van der Waals surface area contributed by atoms with Crippen LogP contribution >= 0.6 is 0 Å². The molecule has 0 aliphatic rings. The number of phenols is 2. The third-order valence-corrected chi connectivity index (χ3v) is 2.83. The Hall–Kier alpha value is -1.35. The molecule has 0 fully saturated rings. The number of phenolic OH excluding ortho intramolecular Hbond substituents is 2. The van der Waals surface area contributed by atoms with Crippen LogP contribution in [0.1, 0.15) is 11.1 Å². The molecule has 109 valence electrons. The minimum atomic E-state index is 0. The van der Waals surface area contributed by atoms with Gasteiger partial charge in [0.2, 0.25) is 0 Å². The molecule has 22 heavy (non-hydrogen) atoms. The smallest absolute Gasteiger partial charge is 0.424 e. The molecule has 2 aromatic rings. The predicted octanol–water partition coefficient (Wildman–Crippen LogP) is 1.000. The van der Waals surface area contributed by atoms with Crippen molar-refractivity contribution < 1.29 is 24.1 Å². The number of hydrogen-bond donors (Lipinski definition) is 2. The summed E-state index contributed by atoms with van der Waals surface area (Å²) in [6.07, 6.45) is 0. The predicted molar refractivity (Wildman–Crippen MR) is 86.9 cm³/mol. The quantitative estimate of drug-likeness (QED) is 0.561.